The van der Waals surface area contributed by atoms with Gasteiger partial charge in [0.15, 0.2) is 0 Å². The van der Waals surface area contributed by atoms with Crippen molar-refractivity contribution in [1.82, 2.24) is 5.32 Å². The molecule has 8 nitrogen and oxygen atoms in total. The molecule has 216 valence electrons. The van der Waals surface area contributed by atoms with Gasteiger partial charge in [-0.1, -0.05) is 72.8 Å². The van der Waals surface area contributed by atoms with Crippen LogP contribution in [0.3, 0.4) is 0 Å². The van der Waals surface area contributed by atoms with E-state index in [-0.39, 0.29) is 5.91 Å². The first-order valence-corrected chi connectivity index (χ1v) is 15.3. The normalized spacial score (nSPS) is 13.6. The Bertz CT molecular complexity index is 1640. The molecule has 1 fully saturated rings. The van der Waals surface area contributed by atoms with Gasteiger partial charge in [0.25, 0.3) is 15.9 Å². The van der Waals surface area contributed by atoms with Crippen LogP contribution in [0, 0.1) is 0 Å². The molecule has 1 saturated heterocycles. The van der Waals surface area contributed by atoms with Crippen molar-refractivity contribution in [1.29, 1.82) is 0 Å². The highest BCUT2D eigenvalue weighted by Gasteiger charge is 2.24. The molecule has 0 radical (unpaired) electrons. The van der Waals surface area contributed by atoms with Crippen LogP contribution in [-0.2, 0) is 16.6 Å². The highest BCUT2D eigenvalue weighted by molar-refractivity contribution is 7.95. The molecule has 2 N–H and O–H groups in total. The van der Waals surface area contributed by atoms with E-state index >= 15 is 0 Å². The lowest BCUT2D eigenvalue weighted by molar-refractivity contribution is 0.0951. The van der Waals surface area contributed by atoms with Crippen LogP contribution in [-0.4, -0.2) is 47.6 Å². The molecule has 9 heteroatoms. The van der Waals surface area contributed by atoms with Gasteiger partial charge < -0.3 is 19.9 Å². The molecule has 4 aromatic rings. The van der Waals surface area contributed by atoms with E-state index in [0.717, 1.165) is 46.7 Å². The number of sulfonamides is 1. The van der Waals surface area contributed by atoms with Crippen LogP contribution in [0.2, 0.25) is 0 Å². The summed E-state index contributed by atoms with van der Waals surface area (Å²) in [6.45, 7) is 3.20. The summed E-state index contributed by atoms with van der Waals surface area (Å²) in [5.41, 5.74) is 4.25. The number of piperazine rings is 1. The summed E-state index contributed by atoms with van der Waals surface area (Å²) < 4.78 is 33.8. The number of anilines is 3. The number of nitrogens with zero attached hydrogens (tertiary/aromatic N) is 2. The number of rotatable bonds is 10. The molecule has 1 amide bonds. The summed E-state index contributed by atoms with van der Waals surface area (Å²) in [5, 5.41) is 4.12. The molecular formula is C33H34N4O4S. The molecule has 0 spiro atoms. The maximum atomic E-state index is 13.5. The summed E-state index contributed by atoms with van der Waals surface area (Å²) in [6, 6.07) is 31.9. The van der Waals surface area contributed by atoms with Crippen LogP contribution >= 0.6 is 0 Å². The lowest BCUT2D eigenvalue weighted by Crippen LogP contribution is -2.47. The third-order valence-electron chi connectivity index (χ3n) is 7.08. The van der Waals surface area contributed by atoms with Gasteiger partial charge in [0.2, 0.25) is 0 Å². The quantitative estimate of drug-likeness (QED) is 0.262. The molecule has 0 atom stereocenters. The minimum Gasteiger partial charge on any atom is -0.495 e. The number of carbonyl (C=O) groups is 1. The lowest BCUT2D eigenvalue weighted by atomic mass is 10.1. The Balaban J connectivity index is 1.36. The standard InChI is InChI=1S/C33H34N4O4S/c1-41-32-15-9-8-14-31(32)37-21-19-36(20-22-37)30-17-16-28(35-42(39,40)23-18-26-10-4-2-5-11-26)24-29(30)33(38)34-25-27-12-6-3-7-13-27/h2-18,23-24,35H,19-22,25H2,1H3,(H,34,38)/b23-18+. The Morgan fingerprint density at radius 3 is 2.12 bits per heavy atom. The van der Waals surface area contributed by atoms with Gasteiger partial charge >= 0.3 is 0 Å². The molecular weight excluding hydrogens is 548 g/mol. The number of benzene rings is 4. The van der Waals surface area contributed by atoms with Gasteiger partial charge in [-0.25, -0.2) is 8.42 Å². The van der Waals surface area contributed by atoms with Crippen molar-refractivity contribution in [3.63, 3.8) is 0 Å². The monoisotopic (exact) mass is 582 g/mol. The van der Waals surface area contributed by atoms with Crippen LogP contribution in [0.1, 0.15) is 21.5 Å². The smallest absolute Gasteiger partial charge is 0.255 e. The second kappa shape index (κ2) is 13.3. The summed E-state index contributed by atoms with van der Waals surface area (Å²) in [6.07, 6.45) is 1.53. The first-order valence-electron chi connectivity index (χ1n) is 13.8. The van der Waals surface area contributed by atoms with Crippen LogP contribution in [0.25, 0.3) is 6.08 Å². The number of para-hydroxylation sites is 2. The number of ether oxygens (including phenoxy) is 1. The number of hydrogen-bond acceptors (Lipinski definition) is 6. The van der Waals surface area contributed by atoms with E-state index < -0.39 is 10.0 Å². The van der Waals surface area contributed by atoms with E-state index in [1.807, 2.05) is 91.0 Å². The Morgan fingerprint density at radius 2 is 1.43 bits per heavy atom. The highest BCUT2D eigenvalue weighted by atomic mass is 32.2. The van der Waals surface area contributed by atoms with E-state index in [1.165, 1.54) is 6.08 Å². The molecule has 1 aliphatic rings. The zero-order valence-electron chi connectivity index (χ0n) is 23.4. The molecule has 5 rings (SSSR count). The zero-order valence-corrected chi connectivity index (χ0v) is 24.3. The van der Waals surface area contributed by atoms with Crippen molar-refractivity contribution in [2.24, 2.45) is 0 Å². The van der Waals surface area contributed by atoms with Gasteiger partial charge in [-0.3, -0.25) is 9.52 Å². The van der Waals surface area contributed by atoms with E-state index in [2.05, 4.69) is 19.8 Å². The van der Waals surface area contributed by atoms with E-state index in [9.17, 15) is 13.2 Å². The van der Waals surface area contributed by atoms with Crippen molar-refractivity contribution in [3.8, 4) is 5.75 Å². The van der Waals surface area contributed by atoms with Crippen molar-refractivity contribution in [2.45, 2.75) is 6.54 Å². The maximum absolute atomic E-state index is 13.5. The minimum atomic E-state index is -3.81. The van der Waals surface area contributed by atoms with Crippen molar-refractivity contribution in [3.05, 3.63) is 125 Å². The fourth-order valence-corrected chi connectivity index (χ4v) is 5.80. The number of methoxy groups -OCH3 is 1. The molecule has 42 heavy (non-hydrogen) atoms. The Hall–Kier alpha value is -4.76. The van der Waals surface area contributed by atoms with Gasteiger partial charge in [0.1, 0.15) is 5.75 Å². The summed E-state index contributed by atoms with van der Waals surface area (Å²) in [4.78, 5) is 18.0. The largest absolute Gasteiger partial charge is 0.495 e. The third-order valence-corrected chi connectivity index (χ3v) is 8.10. The van der Waals surface area contributed by atoms with E-state index in [1.54, 1.807) is 19.2 Å². The predicted molar refractivity (Wildman–Crippen MR) is 169 cm³/mol. The van der Waals surface area contributed by atoms with Crippen LogP contribution in [0.4, 0.5) is 17.1 Å². The maximum Gasteiger partial charge on any atom is 0.255 e. The molecule has 1 aliphatic heterocycles. The topological polar surface area (TPSA) is 91.0 Å². The highest BCUT2D eigenvalue weighted by Crippen LogP contribution is 2.31. The molecule has 0 saturated carbocycles. The predicted octanol–water partition coefficient (Wildman–Crippen LogP) is 5.36. The van der Waals surface area contributed by atoms with Crippen molar-refractivity contribution >= 4 is 39.1 Å². The third kappa shape index (κ3) is 7.30. The van der Waals surface area contributed by atoms with Crippen molar-refractivity contribution < 1.29 is 17.9 Å². The van der Waals surface area contributed by atoms with Gasteiger partial charge in [0.05, 0.1) is 23.8 Å². The Kier molecular flexibility index (Phi) is 9.08. The van der Waals surface area contributed by atoms with Gasteiger partial charge in [-0.05, 0) is 47.5 Å². The van der Waals surface area contributed by atoms with Crippen LogP contribution < -0.4 is 24.6 Å². The van der Waals surface area contributed by atoms with E-state index in [4.69, 9.17) is 4.74 Å². The molecule has 0 aromatic heterocycles. The lowest BCUT2D eigenvalue weighted by Gasteiger charge is -2.38. The minimum absolute atomic E-state index is 0.276. The second-order valence-electron chi connectivity index (χ2n) is 9.91. The first kappa shape index (κ1) is 28.8. The Labute approximate surface area is 247 Å². The van der Waals surface area contributed by atoms with Gasteiger partial charge in [0, 0.05) is 44.1 Å². The molecule has 0 unspecified atom stereocenters. The number of amides is 1. The molecule has 1 heterocycles. The van der Waals surface area contributed by atoms with Crippen LogP contribution in [0.5, 0.6) is 5.75 Å². The number of carbonyl (C=O) groups excluding carboxylic acids is 1. The summed E-state index contributed by atoms with van der Waals surface area (Å²) in [7, 11) is -2.14. The van der Waals surface area contributed by atoms with Gasteiger partial charge in [-0.2, -0.15) is 0 Å². The van der Waals surface area contributed by atoms with Crippen LogP contribution in [0.15, 0.2) is 109 Å². The van der Waals surface area contributed by atoms with Crippen molar-refractivity contribution in [2.75, 3.05) is 47.8 Å². The molecule has 0 bridgehead atoms. The summed E-state index contributed by atoms with van der Waals surface area (Å²) in [5.74, 6) is 0.548. The number of hydrogen-bond donors (Lipinski definition) is 2. The van der Waals surface area contributed by atoms with Gasteiger partial charge in [-0.15, -0.1) is 0 Å². The zero-order chi connectivity index (χ0) is 29.4. The Morgan fingerprint density at radius 1 is 0.810 bits per heavy atom. The first-order chi connectivity index (χ1) is 20.4. The number of nitrogens with one attached hydrogen (secondary N) is 2. The average molecular weight is 583 g/mol. The fourth-order valence-electron chi connectivity index (χ4n) is 4.94. The summed E-state index contributed by atoms with van der Waals surface area (Å²) >= 11 is 0. The van der Waals surface area contributed by atoms with E-state index in [0.29, 0.717) is 30.9 Å². The molecule has 4 aromatic carbocycles. The second-order valence-corrected chi connectivity index (χ2v) is 11.5. The average Bonchev–Trinajstić information content (AvgIpc) is 3.03. The molecule has 0 aliphatic carbocycles. The SMILES string of the molecule is COc1ccccc1N1CCN(c2ccc(NS(=O)(=O)/C=C/c3ccccc3)cc2C(=O)NCc2ccccc2)CC1. The fraction of sp³-hybridized carbons (Fsp3) is 0.182.